The lowest BCUT2D eigenvalue weighted by atomic mass is 11.2. The van der Waals surface area contributed by atoms with Crippen LogP contribution in [-0.4, -0.2) is 0 Å². The van der Waals surface area contributed by atoms with E-state index >= 15 is 0 Å². The zero-order valence-electron chi connectivity index (χ0n) is 4.30. The Bertz CT molecular complexity index is 65.2. The molecule has 7 heavy (non-hydrogen) atoms. The number of rotatable bonds is 3. The van der Waals surface area contributed by atoms with Gasteiger partial charge in [0.05, 0.1) is 0 Å². The lowest BCUT2D eigenvalue weighted by molar-refractivity contribution is 2.40. The minimum absolute atomic E-state index is 0.262. The molecular weight excluding hydrogens is 103 g/mol. The van der Waals surface area contributed by atoms with Gasteiger partial charge in [-0.1, -0.05) is 37.2 Å². The molecule has 0 nitrogen and oxygen atoms in total. The summed E-state index contributed by atoms with van der Waals surface area (Å²) < 4.78 is 0. The highest BCUT2D eigenvalue weighted by molar-refractivity contribution is 7.66. The summed E-state index contributed by atoms with van der Waals surface area (Å²) in [5.41, 5.74) is 0. The first-order valence-electron chi connectivity index (χ1n) is 2.00. The highest BCUT2D eigenvalue weighted by Crippen LogP contribution is 2.37. The highest BCUT2D eigenvalue weighted by Gasteiger charge is 1.82. The van der Waals surface area contributed by atoms with Crippen molar-refractivity contribution >= 4 is 7.92 Å². The number of hydrogen-bond acceptors (Lipinski definition) is 0. The van der Waals surface area contributed by atoms with Crippen molar-refractivity contribution in [1.29, 1.82) is 0 Å². The van der Waals surface area contributed by atoms with E-state index in [0.717, 1.165) is 0 Å². The van der Waals surface area contributed by atoms with E-state index in [9.17, 15) is 0 Å². The first-order chi connectivity index (χ1) is 3.35. The summed E-state index contributed by atoms with van der Waals surface area (Å²) in [7, 11) is -0.262. The minimum atomic E-state index is -0.262. The fourth-order valence-corrected chi connectivity index (χ4v) is 0.671. The molecule has 0 saturated heterocycles. The predicted molar refractivity (Wildman–Crippen MR) is 37.5 cm³/mol. The zero-order valence-corrected chi connectivity index (χ0v) is 5.20. The van der Waals surface area contributed by atoms with E-state index in [1.165, 1.54) is 0 Å². The standard InChI is InChI=1S/C6H9P/c1-4-7(5-2)6-3/h4-6H,1-3H2. The largest absolute Gasteiger partial charge is 0.0980 e. The van der Waals surface area contributed by atoms with Crippen molar-refractivity contribution in [2.75, 3.05) is 0 Å². The topological polar surface area (TPSA) is 0 Å². The molecule has 0 amide bonds. The molecule has 0 aromatic carbocycles. The Morgan fingerprint density at radius 3 is 1.14 bits per heavy atom. The minimum Gasteiger partial charge on any atom is -0.0980 e. The van der Waals surface area contributed by atoms with Crippen LogP contribution in [0.15, 0.2) is 37.2 Å². The van der Waals surface area contributed by atoms with Crippen molar-refractivity contribution in [3.05, 3.63) is 37.2 Å². The molecule has 0 N–H and O–H groups in total. The zero-order chi connectivity index (χ0) is 5.70. The van der Waals surface area contributed by atoms with Gasteiger partial charge in [-0.2, -0.15) is 0 Å². The van der Waals surface area contributed by atoms with E-state index in [1.54, 1.807) is 0 Å². The molecule has 0 aromatic heterocycles. The van der Waals surface area contributed by atoms with Gasteiger partial charge in [-0.05, 0) is 7.92 Å². The molecule has 0 aliphatic heterocycles. The molecule has 0 atom stereocenters. The molecule has 0 fully saturated rings. The maximum atomic E-state index is 3.59. The van der Waals surface area contributed by atoms with E-state index in [4.69, 9.17) is 0 Å². The van der Waals surface area contributed by atoms with Crippen LogP contribution in [0.1, 0.15) is 0 Å². The summed E-state index contributed by atoms with van der Waals surface area (Å²) in [6.45, 7) is 10.8. The second kappa shape index (κ2) is 3.83. The third-order valence-corrected chi connectivity index (χ3v) is 1.90. The molecule has 0 aliphatic rings. The van der Waals surface area contributed by atoms with E-state index in [-0.39, 0.29) is 7.92 Å². The van der Waals surface area contributed by atoms with Crippen LogP contribution < -0.4 is 0 Å². The van der Waals surface area contributed by atoms with Crippen LogP contribution in [0.5, 0.6) is 0 Å². The quantitative estimate of drug-likeness (QED) is 0.492. The van der Waals surface area contributed by atoms with Crippen molar-refractivity contribution < 1.29 is 0 Å². The van der Waals surface area contributed by atoms with Gasteiger partial charge in [0.15, 0.2) is 0 Å². The van der Waals surface area contributed by atoms with Gasteiger partial charge in [-0.3, -0.25) is 0 Å². The summed E-state index contributed by atoms with van der Waals surface area (Å²) in [6.07, 6.45) is 0. The Balaban J connectivity index is 3.57. The molecule has 0 radical (unpaired) electrons. The van der Waals surface area contributed by atoms with Gasteiger partial charge in [0.1, 0.15) is 0 Å². The Hall–Kier alpha value is -0.350. The lowest BCUT2D eigenvalue weighted by Gasteiger charge is -1.92. The van der Waals surface area contributed by atoms with Crippen molar-refractivity contribution in [1.82, 2.24) is 0 Å². The second-order valence-corrected chi connectivity index (χ2v) is 2.98. The van der Waals surface area contributed by atoms with Gasteiger partial charge in [0.2, 0.25) is 0 Å². The van der Waals surface area contributed by atoms with Gasteiger partial charge in [-0.25, -0.2) is 0 Å². The molecule has 0 aromatic rings. The monoisotopic (exact) mass is 112 g/mol. The van der Waals surface area contributed by atoms with Crippen LogP contribution in [0, 0.1) is 0 Å². The van der Waals surface area contributed by atoms with Crippen LogP contribution in [-0.2, 0) is 0 Å². The Kier molecular flexibility index (Phi) is 3.64. The van der Waals surface area contributed by atoms with Crippen molar-refractivity contribution in [2.24, 2.45) is 0 Å². The predicted octanol–water partition coefficient (Wildman–Crippen LogP) is 2.90. The Labute approximate surface area is 46.0 Å². The molecule has 0 bridgehead atoms. The van der Waals surface area contributed by atoms with E-state index < -0.39 is 0 Å². The fraction of sp³-hybridized carbons (Fsp3) is 0. The summed E-state index contributed by atoms with van der Waals surface area (Å²) in [5, 5.41) is 0. The Morgan fingerprint density at radius 1 is 0.857 bits per heavy atom. The third kappa shape index (κ3) is 2.36. The van der Waals surface area contributed by atoms with Crippen LogP contribution in [0.2, 0.25) is 0 Å². The van der Waals surface area contributed by atoms with Crippen LogP contribution in [0.4, 0.5) is 0 Å². The second-order valence-electron chi connectivity index (χ2n) is 0.995. The van der Waals surface area contributed by atoms with E-state index in [0.29, 0.717) is 0 Å². The van der Waals surface area contributed by atoms with Gasteiger partial charge < -0.3 is 0 Å². The van der Waals surface area contributed by atoms with Gasteiger partial charge in [-0.15, -0.1) is 0 Å². The summed E-state index contributed by atoms with van der Waals surface area (Å²) in [5.74, 6) is 5.57. The average molecular weight is 112 g/mol. The van der Waals surface area contributed by atoms with Gasteiger partial charge in [0, 0.05) is 0 Å². The van der Waals surface area contributed by atoms with Crippen molar-refractivity contribution in [3.63, 3.8) is 0 Å². The van der Waals surface area contributed by atoms with Gasteiger partial charge >= 0.3 is 0 Å². The molecule has 0 rings (SSSR count). The average Bonchev–Trinajstić information content (AvgIpc) is 1.72. The molecule has 38 valence electrons. The molecule has 0 aliphatic carbocycles. The summed E-state index contributed by atoms with van der Waals surface area (Å²) in [4.78, 5) is 0. The summed E-state index contributed by atoms with van der Waals surface area (Å²) >= 11 is 0. The lowest BCUT2D eigenvalue weighted by Crippen LogP contribution is -1.45. The van der Waals surface area contributed by atoms with E-state index in [2.05, 4.69) is 19.7 Å². The molecule has 0 saturated carbocycles. The molecule has 0 unspecified atom stereocenters. The maximum absolute atomic E-state index is 3.59. The Morgan fingerprint density at radius 2 is 1.14 bits per heavy atom. The van der Waals surface area contributed by atoms with Gasteiger partial charge in [0.25, 0.3) is 0 Å². The molecular formula is C6H9P. The molecule has 0 heterocycles. The SMILES string of the molecule is C=CP(C=C)C=C. The normalized spacial score (nSPS) is 8.14. The third-order valence-electron chi connectivity index (χ3n) is 0.632. The van der Waals surface area contributed by atoms with Crippen molar-refractivity contribution in [3.8, 4) is 0 Å². The van der Waals surface area contributed by atoms with E-state index in [1.807, 2.05) is 17.5 Å². The summed E-state index contributed by atoms with van der Waals surface area (Å²) in [6, 6.07) is 0. The maximum Gasteiger partial charge on any atom is -0.0376 e. The highest BCUT2D eigenvalue weighted by atomic mass is 31.1. The van der Waals surface area contributed by atoms with Crippen molar-refractivity contribution in [2.45, 2.75) is 0 Å². The number of hydrogen-bond donors (Lipinski definition) is 0. The molecule has 0 spiro atoms. The molecule has 1 heteroatoms. The fourth-order valence-electron chi connectivity index (χ4n) is 0.224. The smallest absolute Gasteiger partial charge is 0.0376 e. The van der Waals surface area contributed by atoms with Crippen LogP contribution >= 0.6 is 7.92 Å². The first-order valence-corrected chi connectivity index (χ1v) is 3.55. The van der Waals surface area contributed by atoms with Crippen LogP contribution in [0.25, 0.3) is 0 Å². The van der Waals surface area contributed by atoms with Crippen LogP contribution in [0.3, 0.4) is 0 Å². The first kappa shape index (κ1) is 6.65.